The fraction of sp³-hybridized carbons (Fsp3) is 0.129. The number of ether oxygens (including phenoxy) is 1. The van der Waals surface area contributed by atoms with Crippen LogP contribution < -0.4 is 10.5 Å². The van der Waals surface area contributed by atoms with Gasteiger partial charge in [-0.1, -0.05) is 84.9 Å². The minimum atomic E-state index is -1.21. The first-order valence-corrected chi connectivity index (χ1v) is 12.1. The molecule has 4 aromatic rings. The molecule has 6 heteroatoms. The highest BCUT2D eigenvalue weighted by atomic mass is 16.5. The molecular formula is C31H24N4O2. The van der Waals surface area contributed by atoms with Crippen molar-refractivity contribution in [3.63, 3.8) is 0 Å². The van der Waals surface area contributed by atoms with E-state index >= 15 is 0 Å². The molecule has 2 N–H and O–H groups in total. The lowest BCUT2D eigenvalue weighted by Gasteiger charge is -2.37. The number of carbonyl (C=O) groups is 1. The number of guanidine groups is 1. The van der Waals surface area contributed by atoms with Crippen molar-refractivity contribution in [1.82, 2.24) is 4.90 Å². The Bertz CT molecular complexity index is 1560. The molecule has 2 aliphatic heterocycles. The zero-order chi connectivity index (χ0) is 25.4. The van der Waals surface area contributed by atoms with Crippen molar-refractivity contribution in [3.05, 3.63) is 131 Å². The van der Waals surface area contributed by atoms with E-state index in [9.17, 15) is 4.79 Å². The molecule has 0 bridgehead atoms. The fourth-order valence-electron chi connectivity index (χ4n) is 5.18. The van der Waals surface area contributed by atoms with E-state index < -0.39 is 5.54 Å². The van der Waals surface area contributed by atoms with Crippen LogP contribution in [0.4, 0.5) is 5.69 Å². The molecule has 1 spiro atoms. The van der Waals surface area contributed by atoms with Crippen LogP contribution in [-0.4, -0.2) is 16.8 Å². The first kappa shape index (κ1) is 22.6. The molecule has 0 fully saturated rings. The lowest BCUT2D eigenvalue weighted by Crippen LogP contribution is -2.45. The molecule has 2 unspecified atom stereocenters. The zero-order valence-electron chi connectivity index (χ0n) is 20.0. The number of hydrogen-bond acceptors (Lipinski definition) is 4. The van der Waals surface area contributed by atoms with Crippen LogP contribution in [0.1, 0.15) is 29.2 Å². The van der Waals surface area contributed by atoms with Gasteiger partial charge < -0.3 is 10.5 Å². The van der Waals surface area contributed by atoms with E-state index in [4.69, 9.17) is 22.0 Å². The van der Waals surface area contributed by atoms with Gasteiger partial charge in [0.1, 0.15) is 11.9 Å². The Hall–Kier alpha value is -4.89. The van der Waals surface area contributed by atoms with Gasteiger partial charge in [-0.2, -0.15) is 0 Å². The maximum Gasteiger partial charge on any atom is 0.262 e. The average molecular weight is 485 g/mol. The second kappa shape index (κ2) is 8.96. The SMILES string of the molecule is [C-]#[N+]c1cccc(-c2ccc3c(c2)C2(CC(c4ccccc4)O3)N=C(N)N(Cc3ccccc3)C2=O)c1. The van der Waals surface area contributed by atoms with Crippen molar-refractivity contribution >= 4 is 17.6 Å². The summed E-state index contributed by atoms with van der Waals surface area (Å²) in [5.41, 5.74) is 10.2. The van der Waals surface area contributed by atoms with Crippen molar-refractivity contribution in [3.8, 4) is 16.9 Å². The van der Waals surface area contributed by atoms with E-state index in [1.54, 1.807) is 11.0 Å². The number of aliphatic imine (C=N–C) groups is 1. The normalized spacial score (nSPS) is 20.2. The summed E-state index contributed by atoms with van der Waals surface area (Å²) in [6.45, 7) is 7.72. The Morgan fingerprint density at radius 1 is 0.946 bits per heavy atom. The highest BCUT2D eigenvalue weighted by molar-refractivity contribution is 6.07. The minimum Gasteiger partial charge on any atom is -0.485 e. The number of nitrogens with two attached hydrogens (primary N) is 1. The van der Waals surface area contributed by atoms with E-state index in [2.05, 4.69) is 4.85 Å². The summed E-state index contributed by atoms with van der Waals surface area (Å²) in [4.78, 5) is 24.2. The summed E-state index contributed by atoms with van der Waals surface area (Å²) in [5.74, 6) is 0.650. The van der Waals surface area contributed by atoms with Gasteiger partial charge in [-0.25, -0.2) is 9.84 Å². The quantitative estimate of drug-likeness (QED) is 0.362. The Kier molecular flexibility index (Phi) is 5.46. The van der Waals surface area contributed by atoms with Crippen molar-refractivity contribution in [1.29, 1.82) is 0 Å². The van der Waals surface area contributed by atoms with E-state index in [0.717, 1.165) is 22.3 Å². The van der Waals surface area contributed by atoms with Crippen LogP contribution in [0, 0.1) is 6.57 Å². The smallest absolute Gasteiger partial charge is 0.262 e. The lowest BCUT2D eigenvalue weighted by atomic mass is 9.79. The molecule has 2 heterocycles. The van der Waals surface area contributed by atoms with Gasteiger partial charge in [-0.05, 0) is 40.5 Å². The summed E-state index contributed by atoms with van der Waals surface area (Å²) < 4.78 is 6.45. The Morgan fingerprint density at radius 3 is 2.43 bits per heavy atom. The lowest BCUT2D eigenvalue weighted by molar-refractivity contribution is -0.133. The molecular weight excluding hydrogens is 460 g/mol. The molecule has 0 aromatic heterocycles. The Balaban J connectivity index is 1.47. The number of carbonyl (C=O) groups excluding carboxylic acids is 1. The summed E-state index contributed by atoms with van der Waals surface area (Å²) in [6, 6.07) is 32.9. The highest BCUT2D eigenvalue weighted by Gasteiger charge is 2.54. The van der Waals surface area contributed by atoms with Crippen LogP contribution >= 0.6 is 0 Å². The van der Waals surface area contributed by atoms with Crippen molar-refractivity contribution < 1.29 is 9.53 Å². The molecule has 0 aliphatic carbocycles. The number of amides is 1. The van der Waals surface area contributed by atoms with E-state index in [0.29, 0.717) is 30.0 Å². The fourth-order valence-corrected chi connectivity index (χ4v) is 5.18. The molecule has 2 aliphatic rings. The van der Waals surface area contributed by atoms with E-state index in [1.807, 2.05) is 97.1 Å². The van der Waals surface area contributed by atoms with Crippen molar-refractivity contribution in [2.75, 3.05) is 0 Å². The first-order chi connectivity index (χ1) is 18.1. The molecule has 2 atom stereocenters. The second-order valence-electron chi connectivity index (χ2n) is 9.30. The molecule has 0 radical (unpaired) electrons. The predicted molar refractivity (Wildman–Crippen MR) is 143 cm³/mol. The highest BCUT2D eigenvalue weighted by Crippen LogP contribution is 2.51. The van der Waals surface area contributed by atoms with Crippen LogP contribution in [0.15, 0.2) is 108 Å². The van der Waals surface area contributed by atoms with Gasteiger partial charge in [0.15, 0.2) is 17.2 Å². The summed E-state index contributed by atoms with van der Waals surface area (Å²) in [5, 5.41) is 0. The molecule has 0 saturated carbocycles. The van der Waals surface area contributed by atoms with Crippen LogP contribution in [0.5, 0.6) is 5.75 Å². The predicted octanol–water partition coefficient (Wildman–Crippen LogP) is 5.98. The zero-order valence-corrected chi connectivity index (χ0v) is 20.0. The third kappa shape index (κ3) is 3.91. The summed E-state index contributed by atoms with van der Waals surface area (Å²) in [7, 11) is 0. The van der Waals surface area contributed by atoms with Gasteiger partial charge in [0, 0.05) is 12.0 Å². The van der Waals surface area contributed by atoms with Crippen LogP contribution in [0.2, 0.25) is 0 Å². The molecule has 6 nitrogen and oxygen atoms in total. The topological polar surface area (TPSA) is 72.3 Å². The molecule has 6 rings (SSSR count). The van der Waals surface area contributed by atoms with Gasteiger partial charge in [0.2, 0.25) is 0 Å². The van der Waals surface area contributed by atoms with Crippen LogP contribution in [-0.2, 0) is 16.9 Å². The first-order valence-electron chi connectivity index (χ1n) is 12.1. The number of hydrogen-bond donors (Lipinski definition) is 1. The number of nitrogens with zero attached hydrogens (tertiary/aromatic N) is 3. The van der Waals surface area contributed by atoms with Gasteiger partial charge in [0.25, 0.3) is 5.91 Å². The van der Waals surface area contributed by atoms with Crippen LogP contribution in [0.3, 0.4) is 0 Å². The van der Waals surface area contributed by atoms with Crippen molar-refractivity contribution in [2.45, 2.75) is 24.6 Å². The number of benzene rings is 4. The van der Waals surface area contributed by atoms with Crippen molar-refractivity contribution in [2.24, 2.45) is 10.7 Å². The van der Waals surface area contributed by atoms with E-state index in [-0.39, 0.29) is 18.0 Å². The molecule has 180 valence electrons. The molecule has 1 amide bonds. The third-order valence-corrected chi connectivity index (χ3v) is 7.02. The number of rotatable bonds is 4. The largest absolute Gasteiger partial charge is 0.485 e. The molecule has 37 heavy (non-hydrogen) atoms. The van der Waals surface area contributed by atoms with Gasteiger partial charge in [-0.3, -0.25) is 9.69 Å². The Labute approximate surface area is 215 Å². The molecule has 4 aromatic carbocycles. The minimum absolute atomic E-state index is 0.161. The Morgan fingerprint density at radius 2 is 1.68 bits per heavy atom. The maximum absolute atomic E-state index is 14.2. The van der Waals surface area contributed by atoms with Gasteiger partial charge in [-0.15, -0.1) is 0 Å². The standard InChI is InChI=1S/C31H24N4O2/c1-33-25-14-8-13-23(17-25)24-15-16-27-26(18-24)31(19-28(37-27)22-11-6-3-7-12-22)29(36)35(30(32)34-31)20-21-9-4-2-5-10-21/h2-18,28H,19-20H2,(H2,32,34). The molecule has 0 saturated heterocycles. The third-order valence-electron chi connectivity index (χ3n) is 7.02. The van der Waals surface area contributed by atoms with E-state index in [1.165, 1.54) is 0 Å². The summed E-state index contributed by atoms with van der Waals surface area (Å²) >= 11 is 0. The van der Waals surface area contributed by atoms with Gasteiger partial charge in [0.05, 0.1) is 13.1 Å². The van der Waals surface area contributed by atoms with Gasteiger partial charge >= 0.3 is 0 Å². The second-order valence-corrected chi connectivity index (χ2v) is 9.30. The average Bonchev–Trinajstić information content (AvgIpc) is 3.18. The van der Waals surface area contributed by atoms with Crippen LogP contribution in [0.25, 0.3) is 16.0 Å². The number of fused-ring (bicyclic) bond motifs is 2. The summed E-state index contributed by atoms with van der Waals surface area (Å²) in [6.07, 6.45) is -0.0254. The monoisotopic (exact) mass is 484 g/mol. The maximum atomic E-state index is 14.2.